The van der Waals surface area contributed by atoms with Gasteiger partial charge in [0.1, 0.15) is 0 Å². The van der Waals surface area contributed by atoms with Gasteiger partial charge in [-0.2, -0.15) is 0 Å². The van der Waals surface area contributed by atoms with Crippen molar-refractivity contribution in [1.29, 1.82) is 0 Å². The van der Waals surface area contributed by atoms with Crippen LogP contribution in [0.1, 0.15) is 31.9 Å². The Labute approximate surface area is 122 Å². The van der Waals surface area contributed by atoms with Crippen LogP contribution < -0.4 is 4.72 Å². The maximum absolute atomic E-state index is 14.7. The van der Waals surface area contributed by atoms with Crippen molar-refractivity contribution in [2.45, 2.75) is 37.1 Å². The Kier molecular flexibility index (Phi) is 4.13. The van der Waals surface area contributed by atoms with Crippen LogP contribution in [0.25, 0.3) is 0 Å². The fraction of sp³-hybridized carbons (Fsp3) is 0.583. The molecule has 7 nitrogen and oxygen atoms in total. The summed E-state index contributed by atoms with van der Waals surface area (Å²) in [5.74, 6) is -1.33. The molecule has 1 aromatic heterocycles. The van der Waals surface area contributed by atoms with E-state index in [2.05, 4.69) is 19.4 Å². The standard InChI is InChI=1S/C12H16FN3O4S/c1-3-12(13,10(17)20-2)9-6-7-14-11(15-9)16-21(18,19)8-4-5-8/h6-8H,3-5H2,1-2H3,(H,14,15,16). The van der Waals surface area contributed by atoms with Crippen LogP contribution in [0, 0.1) is 0 Å². The summed E-state index contributed by atoms with van der Waals surface area (Å²) in [5.41, 5.74) is -2.67. The van der Waals surface area contributed by atoms with Gasteiger partial charge in [0.15, 0.2) is 0 Å². The lowest BCUT2D eigenvalue weighted by molar-refractivity contribution is -0.156. The van der Waals surface area contributed by atoms with Gasteiger partial charge in [0.2, 0.25) is 21.6 Å². The number of hydrogen-bond donors (Lipinski definition) is 1. The van der Waals surface area contributed by atoms with Crippen LogP contribution in [0.4, 0.5) is 10.3 Å². The summed E-state index contributed by atoms with van der Waals surface area (Å²) in [5, 5.41) is -0.452. The quantitative estimate of drug-likeness (QED) is 0.790. The molecule has 1 unspecified atom stereocenters. The molecule has 0 bridgehead atoms. The number of anilines is 1. The van der Waals surface area contributed by atoms with Crippen LogP contribution >= 0.6 is 0 Å². The van der Waals surface area contributed by atoms with E-state index in [4.69, 9.17) is 0 Å². The molecule has 0 saturated heterocycles. The van der Waals surface area contributed by atoms with Gasteiger partial charge < -0.3 is 4.74 Å². The van der Waals surface area contributed by atoms with E-state index in [-0.39, 0.29) is 18.1 Å². The van der Waals surface area contributed by atoms with E-state index in [0.29, 0.717) is 12.8 Å². The van der Waals surface area contributed by atoms with Crippen molar-refractivity contribution in [3.63, 3.8) is 0 Å². The number of halogens is 1. The van der Waals surface area contributed by atoms with E-state index in [0.717, 1.165) is 7.11 Å². The molecule has 1 aliphatic rings. The lowest BCUT2D eigenvalue weighted by atomic mass is 9.98. The highest BCUT2D eigenvalue weighted by atomic mass is 32.2. The van der Waals surface area contributed by atoms with Crippen LogP contribution in [0.15, 0.2) is 12.3 Å². The Morgan fingerprint density at radius 1 is 1.57 bits per heavy atom. The molecule has 1 aliphatic carbocycles. The van der Waals surface area contributed by atoms with Gasteiger partial charge in [-0.3, -0.25) is 4.72 Å². The third-order valence-electron chi connectivity index (χ3n) is 3.25. The molecule has 116 valence electrons. The normalized spacial score (nSPS) is 17.9. The molecule has 1 fully saturated rings. The lowest BCUT2D eigenvalue weighted by Gasteiger charge is -2.20. The molecular weight excluding hydrogens is 301 g/mol. The Hall–Kier alpha value is -1.77. The van der Waals surface area contributed by atoms with E-state index < -0.39 is 26.9 Å². The largest absolute Gasteiger partial charge is 0.466 e. The summed E-state index contributed by atoms with van der Waals surface area (Å²) in [7, 11) is -2.47. The molecule has 1 saturated carbocycles. The van der Waals surface area contributed by atoms with Gasteiger partial charge in [0.05, 0.1) is 18.1 Å². The summed E-state index contributed by atoms with van der Waals surface area (Å²) in [6.45, 7) is 1.47. The van der Waals surface area contributed by atoms with Gasteiger partial charge in [-0.25, -0.2) is 27.6 Å². The van der Waals surface area contributed by atoms with Gasteiger partial charge in [-0.15, -0.1) is 0 Å². The maximum atomic E-state index is 14.7. The average Bonchev–Trinajstić information content (AvgIpc) is 3.30. The van der Waals surface area contributed by atoms with E-state index in [1.807, 2.05) is 0 Å². The number of esters is 1. The van der Waals surface area contributed by atoms with E-state index in [1.54, 1.807) is 0 Å². The van der Waals surface area contributed by atoms with Crippen LogP contribution in [0.3, 0.4) is 0 Å². The minimum absolute atomic E-state index is 0.189. The number of nitrogens with zero attached hydrogens (tertiary/aromatic N) is 2. The van der Waals surface area contributed by atoms with E-state index >= 15 is 0 Å². The SMILES string of the molecule is CCC(F)(C(=O)OC)c1ccnc(NS(=O)(=O)C2CC2)n1. The Morgan fingerprint density at radius 2 is 2.24 bits per heavy atom. The minimum Gasteiger partial charge on any atom is -0.466 e. The summed E-state index contributed by atoms with van der Waals surface area (Å²) >= 11 is 0. The predicted molar refractivity (Wildman–Crippen MR) is 72.7 cm³/mol. The number of carbonyl (C=O) groups excluding carboxylic acids is 1. The topological polar surface area (TPSA) is 98.2 Å². The molecule has 0 spiro atoms. The third-order valence-corrected chi connectivity index (χ3v) is 5.07. The summed E-state index contributed by atoms with van der Waals surface area (Å²) in [6, 6.07) is 1.22. The zero-order valence-corrected chi connectivity index (χ0v) is 12.5. The van der Waals surface area contributed by atoms with Crippen molar-refractivity contribution in [2.75, 3.05) is 11.8 Å². The number of hydrogen-bond acceptors (Lipinski definition) is 6. The molecule has 0 amide bonds. The summed E-state index contributed by atoms with van der Waals surface area (Å²) < 4.78 is 44.9. The molecule has 21 heavy (non-hydrogen) atoms. The second-order valence-corrected chi connectivity index (χ2v) is 6.72. The number of nitrogens with one attached hydrogen (secondary N) is 1. The highest BCUT2D eigenvalue weighted by molar-refractivity contribution is 7.93. The van der Waals surface area contributed by atoms with Crippen LogP contribution in [-0.4, -0.2) is 36.7 Å². The molecular formula is C12H16FN3O4S. The predicted octanol–water partition coefficient (Wildman–Crippen LogP) is 1.13. The number of carbonyl (C=O) groups is 1. The van der Waals surface area contributed by atoms with Gasteiger partial charge in [-0.1, -0.05) is 6.92 Å². The molecule has 1 heterocycles. The van der Waals surface area contributed by atoms with Crippen LogP contribution in [0.5, 0.6) is 0 Å². The first-order chi connectivity index (χ1) is 9.83. The first-order valence-corrected chi connectivity index (χ1v) is 8.00. The molecule has 0 aliphatic heterocycles. The number of sulfonamides is 1. The first-order valence-electron chi connectivity index (χ1n) is 6.46. The Balaban J connectivity index is 2.30. The van der Waals surface area contributed by atoms with Gasteiger partial charge in [-0.05, 0) is 25.3 Å². The number of alkyl halides is 1. The van der Waals surface area contributed by atoms with Crippen molar-refractivity contribution < 1.29 is 22.3 Å². The van der Waals surface area contributed by atoms with Gasteiger partial charge in [0, 0.05) is 6.20 Å². The molecule has 0 aromatic carbocycles. The fourth-order valence-electron chi connectivity index (χ4n) is 1.81. The maximum Gasteiger partial charge on any atom is 0.349 e. The highest BCUT2D eigenvalue weighted by Crippen LogP contribution is 2.31. The minimum atomic E-state index is -3.55. The molecule has 0 radical (unpaired) electrons. The first kappa shape index (κ1) is 15.6. The Bertz CT molecular complexity index is 648. The van der Waals surface area contributed by atoms with E-state index in [1.165, 1.54) is 19.2 Å². The van der Waals surface area contributed by atoms with E-state index in [9.17, 15) is 17.6 Å². The molecule has 1 N–H and O–H groups in total. The number of rotatable bonds is 6. The number of ether oxygens (including phenoxy) is 1. The van der Waals surface area contributed by atoms with Crippen molar-refractivity contribution in [1.82, 2.24) is 9.97 Å². The third kappa shape index (κ3) is 3.12. The molecule has 1 atom stereocenters. The van der Waals surface area contributed by atoms with Crippen LogP contribution in [-0.2, 0) is 25.2 Å². The molecule has 9 heteroatoms. The summed E-state index contributed by atoms with van der Waals surface area (Å²) in [4.78, 5) is 19.1. The van der Waals surface area contributed by atoms with Gasteiger partial charge >= 0.3 is 5.97 Å². The Morgan fingerprint density at radius 3 is 2.76 bits per heavy atom. The lowest BCUT2D eigenvalue weighted by Crippen LogP contribution is -2.33. The van der Waals surface area contributed by atoms with Crippen molar-refractivity contribution >= 4 is 21.9 Å². The second-order valence-electron chi connectivity index (χ2n) is 4.76. The zero-order valence-electron chi connectivity index (χ0n) is 11.7. The highest BCUT2D eigenvalue weighted by Gasteiger charge is 2.42. The van der Waals surface area contributed by atoms with Crippen molar-refractivity contribution in [2.24, 2.45) is 0 Å². The fourth-order valence-corrected chi connectivity index (χ4v) is 3.09. The number of aromatic nitrogens is 2. The van der Waals surface area contributed by atoms with Crippen LogP contribution in [0.2, 0.25) is 0 Å². The monoisotopic (exact) mass is 317 g/mol. The summed E-state index contributed by atoms with van der Waals surface area (Å²) in [6.07, 6.45) is 2.17. The van der Waals surface area contributed by atoms with Gasteiger partial charge in [0.25, 0.3) is 0 Å². The number of methoxy groups -OCH3 is 1. The molecule has 1 aromatic rings. The smallest absolute Gasteiger partial charge is 0.349 e. The average molecular weight is 317 g/mol. The molecule has 2 rings (SSSR count). The zero-order chi connectivity index (χ0) is 15.7. The van der Waals surface area contributed by atoms with Crippen molar-refractivity contribution in [3.8, 4) is 0 Å². The second kappa shape index (κ2) is 5.55. The van der Waals surface area contributed by atoms with Crippen molar-refractivity contribution in [3.05, 3.63) is 18.0 Å².